The number of carbonyl (C=O) groups excluding carboxylic acids is 1. The fraction of sp³-hybridized carbons (Fsp3) is 0.450. The minimum absolute atomic E-state index is 0.0510. The molecule has 1 fully saturated rings. The zero-order chi connectivity index (χ0) is 19.6. The highest BCUT2D eigenvalue weighted by atomic mass is 19.1. The standard InChI is InChI=1S/C20H23FN2O4/c1-13(2)18(24)23-9-5-8-20(12-23,19(25)26)11-14-10-17(22-27-14)15-6-3-4-7-16(15)21/h3-4,6-7,10,13H,5,8-9,11-12H2,1-2H3,(H,25,26)/t20-/m1/s1. The molecule has 2 aromatic rings. The van der Waals surface area contributed by atoms with E-state index in [0.29, 0.717) is 36.4 Å². The van der Waals surface area contributed by atoms with Crippen LogP contribution in [-0.2, 0) is 16.0 Å². The van der Waals surface area contributed by atoms with Gasteiger partial charge in [-0.15, -0.1) is 0 Å². The molecule has 1 saturated heterocycles. The maximum absolute atomic E-state index is 13.9. The van der Waals surface area contributed by atoms with Crippen LogP contribution >= 0.6 is 0 Å². The van der Waals surface area contributed by atoms with Crippen molar-refractivity contribution in [2.75, 3.05) is 13.1 Å². The molecule has 0 radical (unpaired) electrons. The maximum atomic E-state index is 13.9. The Hall–Kier alpha value is -2.70. The van der Waals surface area contributed by atoms with Crippen molar-refractivity contribution in [2.24, 2.45) is 11.3 Å². The molecule has 0 aliphatic carbocycles. The molecular formula is C20H23FN2O4. The first-order valence-corrected chi connectivity index (χ1v) is 9.05. The van der Waals surface area contributed by atoms with Gasteiger partial charge >= 0.3 is 5.97 Å². The molecule has 27 heavy (non-hydrogen) atoms. The van der Waals surface area contributed by atoms with Crippen LogP contribution in [0.1, 0.15) is 32.4 Å². The van der Waals surface area contributed by atoms with E-state index in [-0.39, 0.29) is 24.8 Å². The second kappa shape index (κ2) is 7.50. The van der Waals surface area contributed by atoms with E-state index >= 15 is 0 Å². The summed E-state index contributed by atoms with van der Waals surface area (Å²) in [7, 11) is 0. The molecule has 144 valence electrons. The van der Waals surface area contributed by atoms with Crippen molar-refractivity contribution in [3.05, 3.63) is 41.9 Å². The van der Waals surface area contributed by atoms with Gasteiger partial charge in [0.25, 0.3) is 0 Å². The number of carboxylic acid groups (broad SMARTS) is 1. The molecule has 1 N–H and O–H groups in total. The van der Waals surface area contributed by atoms with E-state index in [1.165, 1.54) is 6.07 Å². The number of aliphatic carboxylic acids is 1. The molecule has 1 aromatic carbocycles. The van der Waals surface area contributed by atoms with Gasteiger partial charge in [-0.2, -0.15) is 0 Å². The number of aromatic nitrogens is 1. The SMILES string of the molecule is CC(C)C(=O)N1CCC[C@](Cc2cc(-c3ccccc3F)no2)(C(=O)O)C1. The molecule has 1 amide bonds. The molecule has 6 nitrogen and oxygen atoms in total. The first kappa shape index (κ1) is 19.1. The number of benzene rings is 1. The number of amides is 1. The van der Waals surface area contributed by atoms with Crippen LogP contribution in [0.15, 0.2) is 34.9 Å². The molecule has 1 atom stereocenters. The van der Waals surface area contributed by atoms with Crippen LogP contribution in [-0.4, -0.2) is 40.1 Å². The highest BCUT2D eigenvalue weighted by Crippen LogP contribution is 2.36. The maximum Gasteiger partial charge on any atom is 0.311 e. The third-order valence-corrected chi connectivity index (χ3v) is 5.06. The van der Waals surface area contributed by atoms with Crippen LogP contribution < -0.4 is 0 Å². The summed E-state index contributed by atoms with van der Waals surface area (Å²) in [6, 6.07) is 7.78. The largest absolute Gasteiger partial charge is 0.481 e. The highest BCUT2D eigenvalue weighted by Gasteiger charge is 2.45. The zero-order valence-corrected chi connectivity index (χ0v) is 15.4. The van der Waals surface area contributed by atoms with E-state index in [1.807, 2.05) is 0 Å². The lowest BCUT2D eigenvalue weighted by Gasteiger charge is -2.40. The Bertz CT molecular complexity index is 848. The predicted molar refractivity (Wildman–Crippen MR) is 96.3 cm³/mol. The molecule has 0 spiro atoms. The van der Waals surface area contributed by atoms with Gasteiger partial charge in [0.05, 0.1) is 5.41 Å². The number of hydrogen-bond donors (Lipinski definition) is 1. The molecule has 1 aromatic heterocycles. The Morgan fingerprint density at radius 2 is 2.11 bits per heavy atom. The monoisotopic (exact) mass is 374 g/mol. The van der Waals surface area contributed by atoms with Gasteiger partial charge in [0.1, 0.15) is 17.3 Å². The fourth-order valence-electron chi connectivity index (χ4n) is 3.61. The summed E-state index contributed by atoms with van der Waals surface area (Å²) in [4.78, 5) is 26.1. The third-order valence-electron chi connectivity index (χ3n) is 5.06. The Morgan fingerprint density at radius 1 is 1.37 bits per heavy atom. The lowest BCUT2D eigenvalue weighted by atomic mass is 9.76. The summed E-state index contributed by atoms with van der Waals surface area (Å²) in [6.07, 6.45) is 1.16. The third kappa shape index (κ3) is 3.86. The summed E-state index contributed by atoms with van der Waals surface area (Å²) in [5, 5.41) is 13.8. The van der Waals surface area contributed by atoms with Crippen LogP contribution in [0, 0.1) is 17.2 Å². The normalized spacial score (nSPS) is 20.1. The molecule has 1 aliphatic rings. The minimum Gasteiger partial charge on any atom is -0.481 e. The average molecular weight is 374 g/mol. The molecule has 7 heteroatoms. The Labute approximate surface area is 157 Å². The van der Waals surface area contributed by atoms with Gasteiger partial charge in [-0.25, -0.2) is 4.39 Å². The number of hydrogen-bond acceptors (Lipinski definition) is 4. The lowest BCUT2D eigenvalue weighted by Crippen LogP contribution is -2.51. The Balaban J connectivity index is 1.84. The van der Waals surface area contributed by atoms with Gasteiger partial charge in [-0.05, 0) is 25.0 Å². The topological polar surface area (TPSA) is 83.6 Å². The van der Waals surface area contributed by atoms with Crippen molar-refractivity contribution >= 4 is 11.9 Å². The smallest absolute Gasteiger partial charge is 0.311 e. The number of nitrogens with zero attached hydrogens (tertiary/aromatic N) is 2. The van der Waals surface area contributed by atoms with E-state index in [0.717, 1.165) is 0 Å². The van der Waals surface area contributed by atoms with Crippen molar-refractivity contribution in [3.63, 3.8) is 0 Å². The quantitative estimate of drug-likeness (QED) is 0.867. The van der Waals surface area contributed by atoms with E-state index in [9.17, 15) is 19.1 Å². The van der Waals surface area contributed by atoms with Gasteiger partial charge in [0.15, 0.2) is 0 Å². The van der Waals surface area contributed by atoms with E-state index in [4.69, 9.17) is 4.52 Å². The molecule has 2 heterocycles. The number of likely N-dealkylation sites (tertiary alicyclic amines) is 1. The van der Waals surface area contributed by atoms with E-state index in [1.54, 1.807) is 43.0 Å². The predicted octanol–water partition coefficient (Wildman–Crippen LogP) is 3.37. The van der Waals surface area contributed by atoms with Gasteiger partial charge in [-0.3, -0.25) is 9.59 Å². The number of carboxylic acids is 1. The van der Waals surface area contributed by atoms with Crippen LogP contribution in [0.5, 0.6) is 0 Å². The van der Waals surface area contributed by atoms with Crippen LogP contribution in [0.2, 0.25) is 0 Å². The first-order chi connectivity index (χ1) is 12.8. The van der Waals surface area contributed by atoms with Gasteiger partial charge in [-0.1, -0.05) is 31.1 Å². The average Bonchev–Trinajstić information content (AvgIpc) is 3.09. The second-order valence-electron chi connectivity index (χ2n) is 7.44. The molecule has 1 aliphatic heterocycles. The van der Waals surface area contributed by atoms with Crippen molar-refractivity contribution in [3.8, 4) is 11.3 Å². The van der Waals surface area contributed by atoms with Crippen LogP contribution in [0.25, 0.3) is 11.3 Å². The van der Waals surface area contributed by atoms with Crippen LogP contribution in [0.4, 0.5) is 4.39 Å². The number of rotatable bonds is 5. The van der Waals surface area contributed by atoms with Crippen molar-refractivity contribution < 1.29 is 23.6 Å². The summed E-state index contributed by atoms with van der Waals surface area (Å²) in [5.74, 6) is -1.25. The molecule has 0 bridgehead atoms. The summed E-state index contributed by atoms with van der Waals surface area (Å²) >= 11 is 0. The van der Waals surface area contributed by atoms with E-state index in [2.05, 4.69) is 5.16 Å². The Morgan fingerprint density at radius 3 is 2.78 bits per heavy atom. The summed E-state index contributed by atoms with van der Waals surface area (Å²) in [6.45, 7) is 4.30. The van der Waals surface area contributed by atoms with Crippen molar-refractivity contribution in [1.29, 1.82) is 0 Å². The molecular weight excluding hydrogens is 351 g/mol. The fourth-order valence-corrected chi connectivity index (χ4v) is 3.61. The highest BCUT2D eigenvalue weighted by molar-refractivity contribution is 5.81. The lowest BCUT2D eigenvalue weighted by molar-refractivity contribution is -0.156. The molecule has 0 saturated carbocycles. The van der Waals surface area contributed by atoms with Gasteiger partial charge in [0.2, 0.25) is 5.91 Å². The summed E-state index contributed by atoms with van der Waals surface area (Å²) in [5.41, 5.74) is -0.499. The van der Waals surface area contributed by atoms with Crippen molar-refractivity contribution in [2.45, 2.75) is 33.1 Å². The van der Waals surface area contributed by atoms with Crippen molar-refractivity contribution in [1.82, 2.24) is 10.1 Å². The van der Waals surface area contributed by atoms with Gasteiger partial charge in [0, 0.05) is 37.1 Å². The second-order valence-corrected chi connectivity index (χ2v) is 7.44. The first-order valence-electron chi connectivity index (χ1n) is 9.05. The van der Waals surface area contributed by atoms with E-state index < -0.39 is 17.2 Å². The summed E-state index contributed by atoms with van der Waals surface area (Å²) < 4.78 is 19.3. The zero-order valence-electron chi connectivity index (χ0n) is 15.4. The van der Waals surface area contributed by atoms with Gasteiger partial charge < -0.3 is 14.5 Å². The molecule has 3 rings (SSSR count). The Kier molecular flexibility index (Phi) is 5.30. The molecule has 0 unspecified atom stereocenters. The number of piperidine rings is 1. The number of carbonyl (C=O) groups is 2. The van der Waals surface area contributed by atoms with Crippen LogP contribution in [0.3, 0.4) is 0 Å². The number of halogens is 1. The minimum atomic E-state index is -1.13.